The maximum Gasteiger partial charge on any atom is 0.261 e. The fourth-order valence-corrected chi connectivity index (χ4v) is 2.43. The number of hydrogen-bond acceptors (Lipinski definition) is 2. The van der Waals surface area contributed by atoms with Crippen molar-refractivity contribution in [3.8, 4) is 5.75 Å². The topological polar surface area (TPSA) is 38.3 Å². The Balaban J connectivity index is 2.02. The first-order valence-electron chi connectivity index (χ1n) is 7.79. The highest BCUT2D eigenvalue weighted by molar-refractivity contribution is 6.31. The summed E-state index contributed by atoms with van der Waals surface area (Å²) >= 11 is 6.02. The molecule has 1 N–H and O–H groups in total. The Kier molecular flexibility index (Phi) is 6.05. The Bertz CT molecular complexity index is 658. The van der Waals surface area contributed by atoms with Crippen molar-refractivity contribution in [3.63, 3.8) is 0 Å². The fraction of sp³-hybridized carbons (Fsp3) is 0.316. The van der Waals surface area contributed by atoms with E-state index in [1.165, 1.54) is 0 Å². The zero-order valence-electron chi connectivity index (χ0n) is 13.7. The molecule has 0 aliphatic carbocycles. The van der Waals surface area contributed by atoms with E-state index >= 15 is 0 Å². The zero-order valence-corrected chi connectivity index (χ0v) is 14.4. The van der Waals surface area contributed by atoms with Crippen molar-refractivity contribution in [1.29, 1.82) is 0 Å². The molecular formula is C19H22ClNO2. The molecule has 0 saturated carbocycles. The zero-order chi connectivity index (χ0) is 16.8. The fourth-order valence-electron chi connectivity index (χ4n) is 2.31. The first-order valence-corrected chi connectivity index (χ1v) is 8.17. The standard InChI is InChI=1S/C19H22ClNO2/c1-4-18(23-16-10-11-17(20)13(2)12-16)19(22)21-14(3)15-8-6-5-7-9-15/h5-12,14,18H,4H2,1-3H3,(H,21,22). The van der Waals surface area contributed by atoms with E-state index in [-0.39, 0.29) is 11.9 Å². The van der Waals surface area contributed by atoms with Crippen LogP contribution >= 0.6 is 11.6 Å². The van der Waals surface area contributed by atoms with Crippen molar-refractivity contribution in [3.05, 3.63) is 64.7 Å². The molecule has 2 atom stereocenters. The van der Waals surface area contributed by atoms with Gasteiger partial charge in [-0.05, 0) is 49.6 Å². The van der Waals surface area contributed by atoms with Crippen molar-refractivity contribution in [2.24, 2.45) is 0 Å². The minimum Gasteiger partial charge on any atom is -0.481 e. The van der Waals surface area contributed by atoms with Crippen molar-refractivity contribution in [2.75, 3.05) is 0 Å². The van der Waals surface area contributed by atoms with Crippen molar-refractivity contribution >= 4 is 17.5 Å². The van der Waals surface area contributed by atoms with Gasteiger partial charge in [0.2, 0.25) is 0 Å². The van der Waals surface area contributed by atoms with Gasteiger partial charge in [0, 0.05) is 5.02 Å². The Morgan fingerprint density at radius 3 is 2.52 bits per heavy atom. The highest BCUT2D eigenvalue weighted by Crippen LogP contribution is 2.22. The predicted octanol–water partition coefficient (Wildman–Crippen LogP) is 4.68. The summed E-state index contributed by atoms with van der Waals surface area (Å²) in [6.45, 7) is 5.81. The van der Waals surface area contributed by atoms with Gasteiger partial charge in [-0.2, -0.15) is 0 Å². The van der Waals surface area contributed by atoms with Gasteiger partial charge in [0.05, 0.1) is 6.04 Å². The minimum atomic E-state index is -0.526. The van der Waals surface area contributed by atoms with Gasteiger partial charge in [-0.1, -0.05) is 48.9 Å². The molecule has 0 aliphatic rings. The van der Waals surface area contributed by atoms with Crippen LogP contribution in [0, 0.1) is 6.92 Å². The molecule has 122 valence electrons. The Hall–Kier alpha value is -2.00. The molecule has 0 aromatic heterocycles. The number of carbonyl (C=O) groups is 1. The molecule has 0 aliphatic heterocycles. The van der Waals surface area contributed by atoms with Gasteiger partial charge in [-0.3, -0.25) is 4.79 Å². The highest BCUT2D eigenvalue weighted by atomic mass is 35.5. The van der Waals surface area contributed by atoms with Gasteiger partial charge >= 0.3 is 0 Å². The Morgan fingerprint density at radius 2 is 1.91 bits per heavy atom. The molecule has 2 aromatic carbocycles. The third-order valence-electron chi connectivity index (χ3n) is 3.73. The van der Waals surface area contributed by atoms with E-state index in [1.807, 2.05) is 57.2 Å². The SMILES string of the molecule is CCC(Oc1ccc(Cl)c(C)c1)C(=O)NC(C)c1ccccc1. The van der Waals surface area contributed by atoms with E-state index < -0.39 is 6.10 Å². The number of rotatable bonds is 6. The molecule has 2 aromatic rings. The Labute approximate surface area is 142 Å². The summed E-state index contributed by atoms with van der Waals surface area (Å²) in [6, 6.07) is 15.2. The molecule has 0 saturated heterocycles. The molecule has 1 amide bonds. The van der Waals surface area contributed by atoms with Crippen LogP contribution in [0.4, 0.5) is 0 Å². The number of ether oxygens (including phenoxy) is 1. The third-order valence-corrected chi connectivity index (χ3v) is 4.15. The van der Waals surface area contributed by atoms with Gasteiger partial charge < -0.3 is 10.1 Å². The van der Waals surface area contributed by atoms with Crippen molar-refractivity contribution in [1.82, 2.24) is 5.32 Å². The predicted molar refractivity (Wildman–Crippen MR) is 93.9 cm³/mol. The maximum absolute atomic E-state index is 12.5. The third kappa shape index (κ3) is 4.73. The Morgan fingerprint density at radius 1 is 1.22 bits per heavy atom. The van der Waals surface area contributed by atoms with Crippen LogP contribution in [-0.2, 0) is 4.79 Å². The average molecular weight is 332 g/mol. The second kappa shape index (κ2) is 8.02. The summed E-state index contributed by atoms with van der Waals surface area (Å²) in [4.78, 5) is 12.5. The molecular weight excluding hydrogens is 310 g/mol. The number of amides is 1. The lowest BCUT2D eigenvalue weighted by Gasteiger charge is -2.21. The van der Waals surface area contributed by atoms with Crippen LogP contribution in [0.2, 0.25) is 5.02 Å². The summed E-state index contributed by atoms with van der Waals surface area (Å²) in [5.74, 6) is 0.540. The van der Waals surface area contributed by atoms with E-state index in [0.717, 1.165) is 11.1 Å². The normalized spacial score (nSPS) is 13.2. The van der Waals surface area contributed by atoms with Gasteiger partial charge in [-0.15, -0.1) is 0 Å². The number of hydrogen-bond donors (Lipinski definition) is 1. The van der Waals surface area contributed by atoms with Gasteiger partial charge in [0.1, 0.15) is 5.75 Å². The van der Waals surface area contributed by atoms with E-state index in [1.54, 1.807) is 12.1 Å². The second-order valence-electron chi connectivity index (χ2n) is 5.57. The molecule has 2 rings (SSSR count). The summed E-state index contributed by atoms with van der Waals surface area (Å²) < 4.78 is 5.83. The number of benzene rings is 2. The largest absolute Gasteiger partial charge is 0.481 e. The smallest absolute Gasteiger partial charge is 0.261 e. The maximum atomic E-state index is 12.5. The van der Waals surface area contributed by atoms with E-state index in [0.29, 0.717) is 17.2 Å². The molecule has 0 fully saturated rings. The minimum absolute atomic E-state index is 0.0618. The van der Waals surface area contributed by atoms with Gasteiger partial charge in [0.25, 0.3) is 5.91 Å². The molecule has 0 heterocycles. The molecule has 0 spiro atoms. The quantitative estimate of drug-likeness (QED) is 0.834. The lowest BCUT2D eigenvalue weighted by Crippen LogP contribution is -2.39. The number of nitrogens with one attached hydrogen (secondary N) is 1. The van der Waals surface area contributed by atoms with Crippen LogP contribution in [-0.4, -0.2) is 12.0 Å². The number of halogens is 1. The number of carbonyl (C=O) groups excluding carboxylic acids is 1. The van der Waals surface area contributed by atoms with E-state index in [2.05, 4.69) is 5.32 Å². The molecule has 3 nitrogen and oxygen atoms in total. The second-order valence-corrected chi connectivity index (χ2v) is 5.97. The lowest BCUT2D eigenvalue weighted by atomic mass is 10.1. The number of aryl methyl sites for hydroxylation is 1. The molecule has 4 heteroatoms. The molecule has 0 bridgehead atoms. The first kappa shape index (κ1) is 17.4. The van der Waals surface area contributed by atoms with Crippen LogP contribution in [0.5, 0.6) is 5.75 Å². The highest BCUT2D eigenvalue weighted by Gasteiger charge is 2.20. The summed E-state index contributed by atoms with van der Waals surface area (Å²) in [5, 5.41) is 3.69. The van der Waals surface area contributed by atoms with Gasteiger partial charge in [0.15, 0.2) is 6.10 Å². The van der Waals surface area contributed by atoms with Gasteiger partial charge in [-0.25, -0.2) is 0 Å². The molecule has 23 heavy (non-hydrogen) atoms. The van der Waals surface area contributed by atoms with E-state index in [4.69, 9.17) is 16.3 Å². The summed E-state index contributed by atoms with van der Waals surface area (Å²) in [7, 11) is 0. The van der Waals surface area contributed by atoms with E-state index in [9.17, 15) is 4.79 Å². The average Bonchev–Trinajstić information content (AvgIpc) is 2.56. The van der Waals surface area contributed by atoms with Crippen LogP contribution in [0.15, 0.2) is 48.5 Å². The van der Waals surface area contributed by atoms with Crippen LogP contribution < -0.4 is 10.1 Å². The molecule has 2 unspecified atom stereocenters. The van der Waals surface area contributed by atoms with Crippen LogP contribution in [0.25, 0.3) is 0 Å². The van der Waals surface area contributed by atoms with Crippen LogP contribution in [0.3, 0.4) is 0 Å². The van der Waals surface area contributed by atoms with Crippen molar-refractivity contribution in [2.45, 2.75) is 39.3 Å². The monoisotopic (exact) mass is 331 g/mol. The van der Waals surface area contributed by atoms with Crippen molar-refractivity contribution < 1.29 is 9.53 Å². The lowest BCUT2D eigenvalue weighted by molar-refractivity contribution is -0.128. The molecule has 0 radical (unpaired) electrons. The summed E-state index contributed by atoms with van der Waals surface area (Å²) in [6.07, 6.45) is 0.0661. The first-order chi connectivity index (χ1) is 11.0. The van der Waals surface area contributed by atoms with Crippen LogP contribution in [0.1, 0.15) is 37.4 Å². The summed E-state index contributed by atoms with van der Waals surface area (Å²) in [5.41, 5.74) is 2.00.